The molecule has 0 aliphatic carbocycles. The number of hydrogen-bond acceptors (Lipinski definition) is 5. The van der Waals surface area contributed by atoms with Crippen molar-refractivity contribution in [3.05, 3.63) is 59.2 Å². The molecule has 6 nitrogen and oxygen atoms in total. The largest absolute Gasteiger partial charge is 0.496 e. The van der Waals surface area contributed by atoms with Gasteiger partial charge in [0, 0.05) is 11.6 Å². The smallest absolute Gasteiger partial charge is 0.262 e. The van der Waals surface area contributed by atoms with Crippen molar-refractivity contribution >= 4 is 12.0 Å². The van der Waals surface area contributed by atoms with E-state index in [4.69, 9.17) is 14.2 Å². The van der Waals surface area contributed by atoms with Crippen LogP contribution in [0.3, 0.4) is 0 Å². The maximum atomic E-state index is 12.5. The lowest BCUT2D eigenvalue weighted by Crippen LogP contribution is -2.27. The van der Waals surface area contributed by atoms with Crippen LogP contribution in [0.2, 0.25) is 0 Å². The predicted molar refractivity (Wildman–Crippen MR) is 103 cm³/mol. The van der Waals surface area contributed by atoms with Gasteiger partial charge in [-0.3, -0.25) is 4.79 Å². The second kappa shape index (κ2) is 9.30. The molecule has 0 aliphatic heterocycles. The second-order valence-corrected chi connectivity index (χ2v) is 5.72. The van der Waals surface area contributed by atoms with Crippen LogP contribution in [0, 0.1) is 11.3 Å². The van der Waals surface area contributed by atoms with E-state index in [-0.39, 0.29) is 11.6 Å². The molecule has 2 aromatic carbocycles. The first kappa shape index (κ1) is 19.9. The van der Waals surface area contributed by atoms with Crippen LogP contribution in [0.1, 0.15) is 24.1 Å². The highest BCUT2D eigenvalue weighted by molar-refractivity contribution is 6.02. The zero-order valence-electron chi connectivity index (χ0n) is 15.8. The van der Waals surface area contributed by atoms with E-state index in [1.807, 2.05) is 43.3 Å². The topological polar surface area (TPSA) is 80.6 Å². The Balaban J connectivity index is 2.32. The van der Waals surface area contributed by atoms with Crippen molar-refractivity contribution in [2.45, 2.75) is 13.0 Å². The van der Waals surface area contributed by atoms with Gasteiger partial charge in [-0.15, -0.1) is 0 Å². The molecule has 0 heterocycles. The fraction of sp³-hybridized carbons (Fsp3) is 0.238. The second-order valence-electron chi connectivity index (χ2n) is 5.72. The van der Waals surface area contributed by atoms with Crippen LogP contribution in [-0.2, 0) is 4.79 Å². The molecule has 0 spiro atoms. The van der Waals surface area contributed by atoms with Gasteiger partial charge >= 0.3 is 0 Å². The first-order valence-electron chi connectivity index (χ1n) is 8.31. The minimum atomic E-state index is -0.467. The highest BCUT2D eigenvalue weighted by atomic mass is 16.5. The third-order valence-electron chi connectivity index (χ3n) is 4.05. The summed E-state index contributed by atoms with van der Waals surface area (Å²) in [7, 11) is 4.53. The molecule has 0 bridgehead atoms. The summed E-state index contributed by atoms with van der Waals surface area (Å²) in [6, 6.07) is 14.5. The zero-order chi connectivity index (χ0) is 19.8. The number of nitrogens with one attached hydrogen (secondary N) is 1. The summed E-state index contributed by atoms with van der Waals surface area (Å²) in [5, 5.41) is 12.3. The Labute approximate surface area is 159 Å². The Kier molecular flexibility index (Phi) is 6.84. The molecular formula is C21H22N2O4. The van der Waals surface area contributed by atoms with Gasteiger partial charge in [-0.25, -0.2) is 0 Å². The SMILES string of the molecule is COc1cc(OC)c(OC)cc1/C=C(/C#N)C(=O)N[C@@H](C)c1ccccc1. The number of ether oxygens (including phenoxy) is 3. The molecule has 2 rings (SSSR count). The summed E-state index contributed by atoms with van der Waals surface area (Å²) in [6.07, 6.45) is 1.47. The first-order chi connectivity index (χ1) is 13.0. The fourth-order valence-corrected chi connectivity index (χ4v) is 2.57. The van der Waals surface area contributed by atoms with E-state index in [0.717, 1.165) is 5.56 Å². The third-order valence-corrected chi connectivity index (χ3v) is 4.05. The van der Waals surface area contributed by atoms with E-state index in [9.17, 15) is 10.1 Å². The number of methoxy groups -OCH3 is 3. The lowest BCUT2D eigenvalue weighted by atomic mass is 10.1. The Morgan fingerprint density at radius 2 is 1.63 bits per heavy atom. The Bertz CT molecular complexity index is 870. The molecule has 0 aliphatic rings. The van der Waals surface area contributed by atoms with Gasteiger partial charge in [0.25, 0.3) is 5.91 Å². The molecule has 0 saturated carbocycles. The summed E-state index contributed by atoms with van der Waals surface area (Å²) >= 11 is 0. The minimum absolute atomic E-state index is 0.0386. The van der Waals surface area contributed by atoms with Crippen LogP contribution in [0.4, 0.5) is 0 Å². The van der Waals surface area contributed by atoms with Crippen LogP contribution < -0.4 is 19.5 Å². The lowest BCUT2D eigenvalue weighted by Gasteiger charge is -2.15. The molecule has 1 N–H and O–H groups in total. The normalized spacial score (nSPS) is 11.9. The summed E-state index contributed by atoms with van der Waals surface area (Å²) in [5.74, 6) is 0.960. The van der Waals surface area contributed by atoms with E-state index in [1.165, 1.54) is 27.4 Å². The van der Waals surface area contributed by atoms with Crippen LogP contribution in [-0.4, -0.2) is 27.2 Å². The molecule has 2 aromatic rings. The van der Waals surface area contributed by atoms with E-state index in [0.29, 0.717) is 22.8 Å². The number of carbonyl (C=O) groups is 1. The minimum Gasteiger partial charge on any atom is -0.496 e. The number of carbonyl (C=O) groups excluding carboxylic acids is 1. The number of hydrogen-bond donors (Lipinski definition) is 1. The molecule has 1 amide bonds. The summed E-state index contributed by atoms with van der Waals surface area (Å²) in [6.45, 7) is 1.86. The van der Waals surface area contributed by atoms with Gasteiger partial charge in [-0.1, -0.05) is 30.3 Å². The quantitative estimate of drug-likeness (QED) is 0.599. The Morgan fingerprint density at radius 1 is 1.04 bits per heavy atom. The standard InChI is InChI=1S/C21H22N2O4/c1-14(15-8-6-5-7-9-15)23-21(24)17(13-22)10-16-11-19(26-3)20(27-4)12-18(16)25-2/h5-12,14H,1-4H3,(H,23,24)/b17-10-/t14-/m0/s1. The van der Waals surface area contributed by atoms with Gasteiger partial charge in [0.05, 0.1) is 27.4 Å². The predicted octanol–water partition coefficient (Wildman–Crippen LogP) is 3.50. The van der Waals surface area contributed by atoms with Crippen molar-refractivity contribution in [2.75, 3.05) is 21.3 Å². The van der Waals surface area contributed by atoms with E-state index < -0.39 is 5.91 Å². The maximum absolute atomic E-state index is 12.5. The molecule has 1 atom stereocenters. The van der Waals surface area contributed by atoms with Crippen molar-refractivity contribution in [1.29, 1.82) is 5.26 Å². The molecule has 0 fully saturated rings. The number of amides is 1. The Hall–Kier alpha value is -3.46. The van der Waals surface area contributed by atoms with Gasteiger partial charge in [0.15, 0.2) is 11.5 Å². The fourth-order valence-electron chi connectivity index (χ4n) is 2.57. The summed E-state index contributed by atoms with van der Waals surface area (Å²) < 4.78 is 15.9. The summed E-state index contributed by atoms with van der Waals surface area (Å²) in [5.41, 5.74) is 1.45. The molecule has 0 radical (unpaired) electrons. The first-order valence-corrected chi connectivity index (χ1v) is 8.31. The lowest BCUT2D eigenvalue weighted by molar-refractivity contribution is -0.117. The zero-order valence-corrected chi connectivity index (χ0v) is 15.8. The van der Waals surface area contributed by atoms with Gasteiger partial charge in [0.1, 0.15) is 17.4 Å². The summed E-state index contributed by atoms with van der Waals surface area (Å²) in [4.78, 5) is 12.5. The van der Waals surface area contributed by atoms with Crippen LogP contribution in [0.15, 0.2) is 48.0 Å². The average molecular weight is 366 g/mol. The van der Waals surface area contributed by atoms with Crippen LogP contribution in [0.5, 0.6) is 17.2 Å². The number of rotatable bonds is 7. The highest BCUT2D eigenvalue weighted by Crippen LogP contribution is 2.35. The van der Waals surface area contributed by atoms with Crippen molar-refractivity contribution in [3.8, 4) is 23.3 Å². The van der Waals surface area contributed by atoms with Crippen molar-refractivity contribution in [1.82, 2.24) is 5.32 Å². The van der Waals surface area contributed by atoms with Gasteiger partial charge in [0.2, 0.25) is 0 Å². The molecule has 0 aromatic heterocycles. The molecule has 27 heavy (non-hydrogen) atoms. The number of nitrogens with zero attached hydrogens (tertiary/aromatic N) is 1. The van der Waals surface area contributed by atoms with Crippen LogP contribution >= 0.6 is 0 Å². The van der Waals surface area contributed by atoms with Crippen molar-refractivity contribution in [3.63, 3.8) is 0 Å². The van der Waals surface area contributed by atoms with Gasteiger partial charge in [-0.05, 0) is 24.6 Å². The van der Waals surface area contributed by atoms with Crippen LogP contribution in [0.25, 0.3) is 6.08 Å². The molecule has 0 unspecified atom stereocenters. The van der Waals surface area contributed by atoms with E-state index in [1.54, 1.807) is 12.1 Å². The van der Waals surface area contributed by atoms with Crippen molar-refractivity contribution < 1.29 is 19.0 Å². The average Bonchev–Trinajstić information content (AvgIpc) is 2.71. The Morgan fingerprint density at radius 3 is 2.19 bits per heavy atom. The van der Waals surface area contributed by atoms with Gasteiger partial charge in [-0.2, -0.15) is 5.26 Å². The maximum Gasteiger partial charge on any atom is 0.262 e. The monoisotopic (exact) mass is 366 g/mol. The highest BCUT2D eigenvalue weighted by Gasteiger charge is 2.16. The van der Waals surface area contributed by atoms with E-state index in [2.05, 4.69) is 5.32 Å². The molecule has 0 saturated heterocycles. The molecule has 6 heteroatoms. The van der Waals surface area contributed by atoms with Gasteiger partial charge < -0.3 is 19.5 Å². The molecule has 140 valence electrons. The van der Waals surface area contributed by atoms with Crippen molar-refractivity contribution in [2.24, 2.45) is 0 Å². The number of nitriles is 1. The third kappa shape index (κ3) is 4.79. The number of benzene rings is 2. The van der Waals surface area contributed by atoms with E-state index >= 15 is 0 Å². The molecular weight excluding hydrogens is 344 g/mol.